The van der Waals surface area contributed by atoms with E-state index in [1.807, 2.05) is 0 Å². The quantitative estimate of drug-likeness (QED) is 0.712. The molecule has 0 spiro atoms. The summed E-state index contributed by atoms with van der Waals surface area (Å²) in [5.74, 6) is -0.705. The van der Waals surface area contributed by atoms with Crippen LogP contribution in [0.2, 0.25) is 0 Å². The SMILES string of the molecule is CCOC(=O)c1nc(CS(C)(=O)=O)ns1. The van der Waals surface area contributed by atoms with E-state index in [2.05, 4.69) is 9.36 Å². The minimum absolute atomic E-state index is 0.0792. The van der Waals surface area contributed by atoms with E-state index >= 15 is 0 Å². The molecular weight excluding hydrogens is 240 g/mol. The molecule has 0 bridgehead atoms. The first kappa shape index (κ1) is 12.1. The van der Waals surface area contributed by atoms with Gasteiger partial charge in [-0.1, -0.05) is 0 Å². The zero-order valence-corrected chi connectivity index (χ0v) is 9.89. The minimum Gasteiger partial charge on any atom is -0.461 e. The fourth-order valence-corrected chi connectivity index (χ4v) is 2.08. The van der Waals surface area contributed by atoms with Crippen molar-refractivity contribution in [2.75, 3.05) is 12.9 Å². The maximum Gasteiger partial charge on any atom is 0.369 e. The number of nitrogens with zero attached hydrogens (tertiary/aromatic N) is 2. The largest absolute Gasteiger partial charge is 0.461 e. The molecule has 0 aromatic carbocycles. The van der Waals surface area contributed by atoms with E-state index in [4.69, 9.17) is 4.74 Å². The maximum absolute atomic E-state index is 11.2. The Morgan fingerprint density at radius 2 is 2.20 bits per heavy atom. The molecule has 0 aliphatic carbocycles. The van der Waals surface area contributed by atoms with Gasteiger partial charge in [-0.15, -0.1) is 0 Å². The van der Waals surface area contributed by atoms with Crippen molar-refractivity contribution < 1.29 is 17.9 Å². The average molecular weight is 250 g/mol. The topological polar surface area (TPSA) is 86.2 Å². The molecule has 8 heteroatoms. The number of aromatic nitrogens is 2. The molecule has 6 nitrogen and oxygen atoms in total. The van der Waals surface area contributed by atoms with Crippen molar-refractivity contribution in [1.82, 2.24) is 9.36 Å². The standard InChI is InChI=1S/C7H10N2O4S2/c1-3-13-7(10)6-8-5(9-14-6)4-15(2,11)12/h3-4H2,1-2H3. The predicted octanol–water partition coefficient (Wildman–Crippen LogP) is 0.259. The number of rotatable bonds is 4. The van der Waals surface area contributed by atoms with Crippen LogP contribution in [0.5, 0.6) is 0 Å². The van der Waals surface area contributed by atoms with Crippen molar-refractivity contribution in [1.29, 1.82) is 0 Å². The Balaban J connectivity index is 2.77. The summed E-state index contributed by atoms with van der Waals surface area (Å²) in [6.45, 7) is 1.93. The van der Waals surface area contributed by atoms with Crippen LogP contribution in [-0.4, -0.2) is 36.6 Å². The van der Waals surface area contributed by atoms with Gasteiger partial charge < -0.3 is 4.74 Å². The van der Waals surface area contributed by atoms with Crippen molar-refractivity contribution in [2.45, 2.75) is 12.7 Å². The number of ether oxygens (including phenoxy) is 1. The lowest BCUT2D eigenvalue weighted by Crippen LogP contribution is -2.06. The molecule has 0 aliphatic rings. The van der Waals surface area contributed by atoms with Crippen LogP contribution in [0.25, 0.3) is 0 Å². The van der Waals surface area contributed by atoms with Gasteiger partial charge >= 0.3 is 5.97 Å². The number of esters is 1. The molecule has 0 amide bonds. The first-order chi connectivity index (χ1) is 6.92. The van der Waals surface area contributed by atoms with Crippen molar-refractivity contribution >= 4 is 27.3 Å². The molecular formula is C7H10N2O4S2. The van der Waals surface area contributed by atoms with E-state index in [1.54, 1.807) is 6.92 Å². The number of hydrogen-bond donors (Lipinski definition) is 0. The first-order valence-electron chi connectivity index (χ1n) is 4.10. The molecule has 84 valence electrons. The van der Waals surface area contributed by atoms with E-state index in [0.29, 0.717) is 0 Å². The summed E-state index contributed by atoms with van der Waals surface area (Å²) in [4.78, 5) is 14.9. The second-order valence-corrected chi connectivity index (χ2v) is 5.70. The van der Waals surface area contributed by atoms with E-state index in [1.165, 1.54) is 0 Å². The first-order valence-corrected chi connectivity index (χ1v) is 6.93. The van der Waals surface area contributed by atoms with Gasteiger partial charge in [-0.25, -0.2) is 18.2 Å². The van der Waals surface area contributed by atoms with E-state index in [9.17, 15) is 13.2 Å². The monoisotopic (exact) mass is 250 g/mol. The molecule has 15 heavy (non-hydrogen) atoms. The number of carbonyl (C=O) groups is 1. The molecule has 0 radical (unpaired) electrons. The van der Waals surface area contributed by atoms with Crippen molar-refractivity contribution in [2.24, 2.45) is 0 Å². The molecule has 0 fully saturated rings. The molecule has 1 aromatic heterocycles. The third-order valence-corrected chi connectivity index (χ3v) is 2.82. The fraction of sp³-hybridized carbons (Fsp3) is 0.571. The summed E-state index contributed by atoms with van der Waals surface area (Å²) in [7, 11) is -3.17. The van der Waals surface area contributed by atoms with Crippen molar-refractivity contribution in [3.05, 3.63) is 10.8 Å². The van der Waals surface area contributed by atoms with Crippen LogP contribution >= 0.6 is 11.5 Å². The van der Waals surface area contributed by atoms with Crippen LogP contribution < -0.4 is 0 Å². The summed E-state index contributed by atoms with van der Waals surface area (Å²) in [6.07, 6.45) is 1.08. The molecule has 0 atom stereocenters. The molecule has 1 aromatic rings. The van der Waals surface area contributed by atoms with Crippen LogP contribution in [0.15, 0.2) is 0 Å². The molecule has 1 heterocycles. The van der Waals surface area contributed by atoms with Gasteiger partial charge in [0.2, 0.25) is 5.01 Å². The van der Waals surface area contributed by atoms with Crippen LogP contribution in [0.1, 0.15) is 22.6 Å². The van der Waals surface area contributed by atoms with Gasteiger partial charge in [0, 0.05) is 6.26 Å². The Kier molecular flexibility index (Phi) is 3.75. The lowest BCUT2D eigenvalue weighted by Gasteiger charge is -1.94. The van der Waals surface area contributed by atoms with Gasteiger partial charge in [0.1, 0.15) is 5.75 Å². The summed E-state index contributed by atoms with van der Waals surface area (Å²) >= 11 is 0.838. The highest BCUT2D eigenvalue weighted by Crippen LogP contribution is 2.08. The summed E-state index contributed by atoms with van der Waals surface area (Å²) in [6, 6.07) is 0. The zero-order valence-electron chi connectivity index (χ0n) is 8.26. The highest BCUT2D eigenvalue weighted by atomic mass is 32.2. The predicted molar refractivity (Wildman–Crippen MR) is 54.4 cm³/mol. The maximum atomic E-state index is 11.2. The third-order valence-electron chi connectivity index (χ3n) is 1.31. The van der Waals surface area contributed by atoms with Crippen molar-refractivity contribution in [3.63, 3.8) is 0 Å². The normalized spacial score (nSPS) is 11.3. The molecule has 0 saturated heterocycles. The molecule has 0 N–H and O–H groups in total. The van der Waals surface area contributed by atoms with E-state index in [0.717, 1.165) is 17.8 Å². The molecule has 0 saturated carbocycles. The third kappa shape index (κ3) is 3.92. The Morgan fingerprint density at radius 1 is 1.53 bits per heavy atom. The van der Waals surface area contributed by atoms with Crippen molar-refractivity contribution in [3.8, 4) is 0 Å². The Morgan fingerprint density at radius 3 is 2.73 bits per heavy atom. The smallest absolute Gasteiger partial charge is 0.369 e. The Labute approximate surface area is 91.4 Å². The van der Waals surface area contributed by atoms with Gasteiger partial charge in [0.25, 0.3) is 0 Å². The molecule has 1 rings (SSSR count). The number of sulfone groups is 1. The summed E-state index contributed by atoms with van der Waals surface area (Å²) in [5, 5.41) is 0.0792. The Hall–Kier alpha value is -1.02. The highest BCUT2D eigenvalue weighted by molar-refractivity contribution is 7.89. The summed E-state index contributed by atoms with van der Waals surface area (Å²) in [5.41, 5.74) is 0. The van der Waals surface area contributed by atoms with Gasteiger partial charge in [-0.05, 0) is 18.5 Å². The van der Waals surface area contributed by atoms with Crippen LogP contribution in [0.3, 0.4) is 0 Å². The van der Waals surface area contributed by atoms with Crippen LogP contribution in [0.4, 0.5) is 0 Å². The summed E-state index contributed by atoms with van der Waals surface area (Å²) < 4.78 is 30.3. The van der Waals surface area contributed by atoms with Gasteiger partial charge in [-0.3, -0.25) is 0 Å². The molecule has 0 unspecified atom stereocenters. The van der Waals surface area contributed by atoms with Gasteiger partial charge in [0.15, 0.2) is 15.7 Å². The van der Waals surface area contributed by atoms with Gasteiger partial charge in [-0.2, -0.15) is 4.37 Å². The second kappa shape index (κ2) is 4.67. The highest BCUT2D eigenvalue weighted by Gasteiger charge is 2.15. The fourth-order valence-electron chi connectivity index (χ4n) is 0.823. The van der Waals surface area contributed by atoms with Gasteiger partial charge in [0.05, 0.1) is 6.61 Å². The van der Waals surface area contributed by atoms with Crippen LogP contribution in [-0.2, 0) is 20.3 Å². The molecule has 0 aliphatic heterocycles. The lowest BCUT2D eigenvalue weighted by molar-refractivity contribution is 0.0525. The number of carbonyl (C=O) groups excluding carboxylic acids is 1. The van der Waals surface area contributed by atoms with E-state index < -0.39 is 15.8 Å². The Bertz CT molecular complexity index is 451. The lowest BCUT2D eigenvalue weighted by atomic mass is 10.6. The minimum atomic E-state index is -3.17. The number of hydrogen-bond acceptors (Lipinski definition) is 7. The second-order valence-electron chi connectivity index (χ2n) is 2.81. The van der Waals surface area contributed by atoms with E-state index in [-0.39, 0.29) is 23.2 Å². The average Bonchev–Trinajstić information content (AvgIpc) is 2.50. The van der Waals surface area contributed by atoms with Crippen LogP contribution in [0, 0.1) is 0 Å². The zero-order chi connectivity index (χ0) is 11.5.